The van der Waals surface area contributed by atoms with Gasteiger partial charge in [0.1, 0.15) is 12.7 Å². The lowest BCUT2D eigenvalue weighted by atomic mass is 10.3. The fraction of sp³-hybridized carbons (Fsp3) is 0.545. The molecule has 102 valence electrons. The van der Waals surface area contributed by atoms with Gasteiger partial charge in [0.2, 0.25) is 5.95 Å². The zero-order valence-electron chi connectivity index (χ0n) is 11.2. The summed E-state index contributed by atoms with van der Waals surface area (Å²) in [6.07, 6.45) is 3.87. The van der Waals surface area contributed by atoms with Gasteiger partial charge in [0.15, 0.2) is 0 Å². The highest BCUT2D eigenvalue weighted by atomic mass is 16.5. The molecule has 8 nitrogen and oxygen atoms in total. The Kier molecular flexibility index (Phi) is 4.22. The molecule has 0 aliphatic heterocycles. The van der Waals surface area contributed by atoms with Crippen LogP contribution in [0.15, 0.2) is 12.7 Å². The summed E-state index contributed by atoms with van der Waals surface area (Å²) in [5.74, 6) is 0.836. The van der Waals surface area contributed by atoms with Crippen LogP contribution in [0.5, 0.6) is 6.01 Å². The third kappa shape index (κ3) is 3.36. The molecule has 0 fully saturated rings. The van der Waals surface area contributed by atoms with Gasteiger partial charge in [0.05, 0.1) is 6.10 Å². The van der Waals surface area contributed by atoms with Crippen LogP contribution in [0.25, 0.3) is 5.95 Å². The maximum Gasteiger partial charge on any atom is 0.323 e. The summed E-state index contributed by atoms with van der Waals surface area (Å²) in [5, 5.41) is 7.04. The molecule has 0 spiro atoms. The predicted octanol–water partition coefficient (Wildman–Crippen LogP) is 1.06. The van der Waals surface area contributed by atoms with E-state index in [4.69, 9.17) is 4.74 Å². The minimum Gasteiger partial charge on any atom is -0.460 e. The van der Waals surface area contributed by atoms with E-state index in [-0.39, 0.29) is 12.1 Å². The lowest BCUT2D eigenvalue weighted by molar-refractivity contribution is 0.198. The molecule has 1 atom stereocenters. The number of hydrogen-bond donors (Lipinski definition) is 1. The molecule has 0 aliphatic carbocycles. The molecule has 1 unspecified atom stereocenters. The number of hydrogen-bond acceptors (Lipinski definition) is 7. The molecule has 0 aliphatic rings. The summed E-state index contributed by atoms with van der Waals surface area (Å²) in [6, 6.07) is 0.283. The smallest absolute Gasteiger partial charge is 0.323 e. The van der Waals surface area contributed by atoms with Crippen molar-refractivity contribution in [3.63, 3.8) is 0 Å². The van der Waals surface area contributed by atoms with Crippen LogP contribution in [0.3, 0.4) is 0 Å². The second-order valence-electron chi connectivity index (χ2n) is 3.95. The van der Waals surface area contributed by atoms with Gasteiger partial charge < -0.3 is 10.1 Å². The third-order valence-corrected chi connectivity index (χ3v) is 2.44. The SMILES string of the molecule is CCNc1nc(OC(C)CC)nc(-n2cncn2)n1. The van der Waals surface area contributed by atoms with E-state index in [2.05, 4.69) is 30.4 Å². The molecule has 2 rings (SSSR count). The highest BCUT2D eigenvalue weighted by Crippen LogP contribution is 2.12. The maximum absolute atomic E-state index is 5.63. The number of rotatable bonds is 6. The van der Waals surface area contributed by atoms with Crippen molar-refractivity contribution in [2.75, 3.05) is 11.9 Å². The monoisotopic (exact) mass is 263 g/mol. The molecular formula is C11H17N7O. The summed E-state index contributed by atoms with van der Waals surface area (Å²) in [6.45, 7) is 6.68. The molecule has 0 saturated heterocycles. The first-order valence-electron chi connectivity index (χ1n) is 6.24. The van der Waals surface area contributed by atoms with Crippen molar-refractivity contribution >= 4 is 5.95 Å². The highest BCUT2D eigenvalue weighted by molar-refractivity contribution is 5.29. The number of ether oxygens (including phenoxy) is 1. The van der Waals surface area contributed by atoms with Crippen LogP contribution in [0.2, 0.25) is 0 Å². The molecule has 2 aromatic rings. The van der Waals surface area contributed by atoms with Crippen molar-refractivity contribution < 1.29 is 4.74 Å². The van der Waals surface area contributed by atoms with Gasteiger partial charge in [-0.05, 0) is 20.3 Å². The molecule has 0 aromatic carbocycles. The first kappa shape index (κ1) is 13.2. The van der Waals surface area contributed by atoms with E-state index in [1.807, 2.05) is 20.8 Å². The van der Waals surface area contributed by atoms with Crippen molar-refractivity contribution in [1.29, 1.82) is 0 Å². The summed E-state index contributed by atoms with van der Waals surface area (Å²) in [4.78, 5) is 16.5. The molecule has 2 aromatic heterocycles. The molecule has 19 heavy (non-hydrogen) atoms. The fourth-order valence-corrected chi connectivity index (χ4v) is 1.31. The molecule has 0 saturated carbocycles. The third-order valence-electron chi connectivity index (χ3n) is 2.44. The van der Waals surface area contributed by atoms with Crippen LogP contribution >= 0.6 is 0 Å². The Labute approximate surface area is 111 Å². The average molecular weight is 263 g/mol. The van der Waals surface area contributed by atoms with Crippen LogP contribution in [0, 0.1) is 0 Å². The summed E-state index contributed by atoms with van der Waals surface area (Å²) >= 11 is 0. The van der Waals surface area contributed by atoms with E-state index < -0.39 is 0 Å². The molecule has 1 N–H and O–H groups in total. The van der Waals surface area contributed by atoms with E-state index in [0.29, 0.717) is 18.4 Å². The maximum atomic E-state index is 5.63. The Balaban J connectivity index is 2.32. The Bertz CT molecular complexity index is 514. The predicted molar refractivity (Wildman–Crippen MR) is 69.3 cm³/mol. The Hall–Kier alpha value is -2.25. The lowest BCUT2D eigenvalue weighted by Gasteiger charge is -2.12. The fourth-order valence-electron chi connectivity index (χ4n) is 1.31. The van der Waals surface area contributed by atoms with Crippen LogP contribution in [-0.4, -0.2) is 42.4 Å². The van der Waals surface area contributed by atoms with Crippen molar-refractivity contribution in [1.82, 2.24) is 29.7 Å². The zero-order chi connectivity index (χ0) is 13.7. The number of anilines is 1. The van der Waals surface area contributed by atoms with E-state index in [1.54, 1.807) is 0 Å². The first-order valence-corrected chi connectivity index (χ1v) is 6.24. The number of aromatic nitrogens is 6. The summed E-state index contributed by atoms with van der Waals surface area (Å²) in [5.41, 5.74) is 0. The number of nitrogens with one attached hydrogen (secondary N) is 1. The van der Waals surface area contributed by atoms with E-state index in [0.717, 1.165) is 6.42 Å². The van der Waals surface area contributed by atoms with Crippen molar-refractivity contribution in [3.8, 4) is 12.0 Å². The highest BCUT2D eigenvalue weighted by Gasteiger charge is 2.11. The molecule has 0 bridgehead atoms. The quantitative estimate of drug-likeness (QED) is 0.833. The van der Waals surface area contributed by atoms with Crippen molar-refractivity contribution in [2.45, 2.75) is 33.3 Å². The van der Waals surface area contributed by atoms with E-state index >= 15 is 0 Å². The van der Waals surface area contributed by atoms with Gasteiger partial charge >= 0.3 is 6.01 Å². The van der Waals surface area contributed by atoms with Gasteiger partial charge in [-0.3, -0.25) is 0 Å². The van der Waals surface area contributed by atoms with E-state index in [9.17, 15) is 0 Å². The van der Waals surface area contributed by atoms with Gasteiger partial charge in [-0.1, -0.05) is 6.92 Å². The van der Waals surface area contributed by atoms with Gasteiger partial charge in [0.25, 0.3) is 5.95 Å². The molecule has 2 heterocycles. The topological polar surface area (TPSA) is 90.6 Å². The van der Waals surface area contributed by atoms with Crippen LogP contribution in [0.4, 0.5) is 5.95 Å². The summed E-state index contributed by atoms with van der Waals surface area (Å²) in [7, 11) is 0. The number of nitrogens with zero attached hydrogens (tertiary/aromatic N) is 6. The second kappa shape index (κ2) is 6.07. The Morgan fingerprint density at radius 3 is 2.79 bits per heavy atom. The minimum absolute atomic E-state index is 0.0421. The minimum atomic E-state index is 0.0421. The van der Waals surface area contributed by atoms with E-state index in [1.165, 1.54) is 17.3 Å². The van der Waals surface area contributed by atoms with Gasteiger partial charge in [-0.15, -0.1) is 0 Å². The Morgan fingerprint density at radius 1 is 1.32 bits per heavy atom. The van der Waals surface area contributed by atoms with Crippen LogP contribution in [-0.2, 0) is 0 Å². The van der Waals surface area contributed by atoms with Gasteiger partial charge in [0, 0.05) is 6.54 Å². The van der Waals surface area contributed by atoms with Crippen molar-refractivity contribution in [3.05, 3.63) is 12.7 Å². The summed E-state index contributed by atoms with van der Waals surface area (Å²) < 4.78 is 7.09. The zero-order valence-corrected chi connectivity index (χ0v) is 11.2. The second-order valence-corrected chi connectivity index (χ2v) is 3.95. The normalized spacial score (nSPS) is 12.2. The van der Waals surface area contributed by atoms with Gasteiger partial charge in [-0.2, -0.15) is 24.7 Å². The van der Waals surface area contributed by atoms with Gasteiger partial charge in [-0.25, -0.2) is 4.98 Å². The average Bonchev–Trinajstić information content (AvgIpc) is 2.92. The lowest BCUT2D eigenvalue weighted by Crippen LogP contribution is -2.15. The Morgan fingerprint density at radius 2 is 2.16 bits per heavy atom. The van der Waals surface area contributed by atoms with Crippen LogP contribution in [0.1, 0.15) is 27.2 Å². The first-order chi connectivity index (χ1) is 9.22. The standard InChI is InChI=1S/C11H17N7O/c1-4-8(3)19-11-16-9(13-5-2)15-10(17-11)18-7-12-6-14-18/h6-8H,4-5H2,1-3H3,(H,13,15,16,17). The largest absolute Gasteiger partial charge is 0.460 e. The molecule has 8 heteroatoms. The van der Waals surface area contributed by atoms with Crippen molar-refractivity contribution in [2.24, 2.45) is 0 Å². The molecule has 0 radical (unpaired) electrons. The van der Waals surface area contributed by atoms with Crippen LogP contribution < -0.4 is 10.1 Å². The molecular weight excluding hydrogens is 246 g/mol. The molecule has 0 amide bonds.